The zero-order chi connectivity index (χ0) is 23.2. The van der Waals surface area contributed by atoms with Gasteiger partial charge in [0.05, 0.1) is 33.9 Å². The molecule has 1 aliphatic rings. The summed E-state index contributed by atoms with van der Waals surface area (Å²) in [5, 5.41) is 6.28. The predicted octanol–water partition coefficient (Wildman–Crippen LogP) is 5.14. The summed E-state index contributed by atoms with van der Waals surface area (Å²) in [6, 6.07) is 16.7. The van der Waals surface area contributed by atoms with E-state index in [0.717, 1.165) is 22.2 Å². The van der Waals surface area contributed by atoms with Crippen LogP contribution in [0.25, 0.3) is 27.8 Å². The molecule has 4 aromatic rings. The average Bonchev–Trinajstić information content (AvgIpc) is 3.30. The van der Waals surface area contributed by atoms with E-state index >= 15 is 0 Å². The highest BCUT2D eigenvalue weighted by Gasteiger charge is 2.39. The lowest BCUT2D eigenvalue weighted by atomic mass is 9.83. The molecule has 6 nitrogen and oxygen atoms in total. The Kier molecular flexibility index (Phi) is 5.34. The number of aromatic nitrogens is 3. The summed E-state index contributed by atoms with van der Waals surface area (Å²) in [5.41, 5.74) is 3.04. The van der Waals surface area contributed by atoms with Crippen molar-refractivity contribution < 1.29 is 13.2 Å². The van der Waals surface area contributed by atoms with Gasteiger partial charge in [-0.05, 0) is 42.2 Å². The van der Waals surface area contributed by atoms with Crippen LogP contribution in [0.1, 0.15) is 30.1 Å². The molecule has 0 saturated carbocycles. The maximum atomic E-state index is 13.2. The van der Waals surface area contributed by atoms with Crippen molar-refractivity contribution >= 4 is 38.1 Å². The van der Waals surface area contributed by atoms with Gasteiger partial charge in [0.15, 0.2) is 15.6 Å². The number of Topliss-reactive ketones (excluding diaryl/α,β-unsaturated/α-hetero) is 1. The number of rotatable bonds is 5. The number of hydrogen-bond acceptors (Lipinski definition) is 5. The summed E-state index contributed by atoms with van der Waals surface area (Å²) < 4.78 is 25.7. The van der Waals surface area contributed by atoms with Gasteiger partial charge in [-0.15, -0.1) is 0 Å². The molecular formula is C25H22ClN3O3S. The van der Waals surface area contributed by atoms with Gasteiger partial charge in [-0.1, -0.05) is 42.8 Å². The fourth-order valence-corrected chi connectivity index (χ4v) is 7.00. The number of nitrogens with zero attached hydrogens (tertiary/aromatic N) is 3. The van der Waals surface area contributed by atoms with Gasteiger partial charge < -0.3 is 0 Å². The average molecular weight is 480 g/mol. The van der Waals surface area contributed by atoms with Crippen LogP contribution in [0.4, 0.5) is 0 Å². The quantitative estimate of drug-likeness (QED) is 0.370. The number of ketones is 1. The summed E-state index contributed by atoms with van der Waals surface area (Å²) in [7, 11) is -3.08. The number of carbonyl (C=O) groups excluding carboxylic acids is 1. The third-order valence-electron chi connectivity index (χ3n) is 6.19. The van der Waals surface area contributed by atoms with Gasteiger partial charge in [0.2, 0.25) is 0 Å². The summed E-state index contributed by atoms with van der Waals surface area (Å²) >= 11 is 6.46. The molecule has 1 saturated heterocycles. The summed E-state index contributed by atoms with van der Waals surface area (Å²) in [6.07, 6.45) is 4.10. The van der Waals surface area contributed by atoms with Crippen LogP contribution in [0.2, 0.25) is 5.02 Å². The van der Waals surface area contributed by atoms with Gasteiger partial charge >= 0.3 is 0 Å². The fraction of sp³-hybridized carbons (Fsp3) is 0.240. The first kappa shape index (κ1) is 21.8. The smallest absolute Gasteiger partial charge is 0.163 e. The van der Waals surface area contributed by atoms with Crippen molar-refractivity contribution in [1.29, 1.82) is 0 Å². The lowest BCUT2D eigenvalue weighted by Crippen LogP contribution is -2.22. The molecule has 0 bridgehead atoms. The molecule has 33 heavy (non-hydrogen) atoms. The van der Waals surface area contributed by atoms with Gasteiger partial charge in [0.1, 0.15) is 5.69 Å². The van der Waals surface area contributed by atoms with Crippen molar-refractivity contribution in [3.8, 4) is 16.9 Å². The highest BCUT2D eigenvalue weighted by atomic mass is 35.5. The SMILES string of the molecule is CC1(CC(=O)c2ccc3c(-c4ccccc4Cl)nn(-c4cccnc4)c3c2)CCS(=O)(=O)C1. The molecule has 2 aromatic carbocycles. The van der Waals surface area contributed by atoms with Crippen LogP contribution in [-0.2, 0) is 9.84 Å². The van der Waals surface area contributed by atoms with Crippen LogP contribution in [-0.4, -0.2) is 40.5 Å². The van der Waals surface area contributed by atoms with Crippen molar-refractivity contribution in [3.63, 3.8) is 0 Å². The molecule has 8 heteroatoms. The van der Waals surface area contributed by atoms with E-state index in [1.807, 2.05) is 55.5 Å². The van der Waals surface area contributed by atoms with Crippen LogP contribution < -0.4 is 0 Å². The maximum absolute atomic E-state index is 13.2. The molecule has 2 aromatic heterocycles. The molecule has 1 fully saturated rings. The van der Waals surface area contributed by atoms with Crippen molar-refractivity contribution in [2.75, 3.05) is 11.5 Å². The number of benzene rings is 2. The lowest BCUT2D eigenvalue weighted by Gasteiger charge is -2.20. The van der Waals surface area contributed by atoms with Crippen LogP contribution >= 0.6 is 11.6 Å². The Hall–Kier alpha value is -3.03. The third-order valence-corrected chi connectivity index (χ3v) is 8.49. The van der Waals surface area contributed by atoms with Crippen molar-refractivity contribution in [3.05, 3.63) is 77.6 Å². The van der Waals surface area contributed by atoms with E-state index in [1.54, 1.807) is 23.1 Å². The van der Waals surface area contributed by atoms with E-state index < -0.39 is 15.3 Å². The van der Waals surface area contributed by atoms with Crippen LogP contribution in [0.15, 0.2) is 67.0 Å². The molecule has 0 spiro atoms. The highest BCUT2D eigenvalue weighted by molar-refractivity contribution is 7.91. The Labute approximate surface area is 197 Å². The third kappa shape index (κ3) is 4.18. The first-order valence-electron chi connectivity index (χ1n) is 10.7. The molecule has 1 unspecified atom stereocenters. The minimum atomic E-state index is -3.08. The van der Waals surface area contributed by atoms with Crippen LogP contribution in [0.5, 0.6) is 0 Å². The van der Waals surface area contributed by atoms with E-state index in [0.29, 0.717) is 22.7 Å². The second kappa shape index (κ2) is 8.08. The van der Waals surface area contributed by atoms with Gasteiger partial charge in [-0.3, -0.25) is 9.78 Å². The highest BCUT2D eigenvalue weighted by Crippen LogP contribution is 2.38. The fourth-order valence-electron chi connectivity index (χ4n) is 4.52. The minimum absolute atomic E-state index is 0.0538. The maximum Gasteiger partial charge on any atom is 0.163 e. The van der Waals surface area contributed by atoms with Gasteiger partial charge in [-0.2, -0.15) is 5.10 Å². The van der Waals surface area contributed by atoms with E-state index in [1.165, 1.54) is 0 Å². The largest absolute Gasteiger partial charge is 0.294 e. The molecular weight excluding hydrogens is 458 g/mol. The number of hydrogen-bond donors (Lipinski definition) is 0. The molecule has 1 atom stereocenters. The van der Waals surface area contributed by atoms with Crippen molar-refractivity contribution in [1.82, 2.24) is 14.8 Å². The van der Waals surface area contributed by atoms with Crippen molar-refractivity contribution in [2.24, 2.45) is 5.41 Å². The number of sulfone groups is 1. The first-order valence-corrected chi connectivity index (χ1v) is 12.9. The molecule has 168 valence electrons. The van der Waals surface area contributed by atoms with Gasteiger partial charge in [0, 0.05) is 29.1 Å². The molecule has 3 heterocycles. The summed E-state index contributed by atoms with van der Waals surface area (Å²) in [4.78, 5) is 17.4. The monoisotopic (exact) mass is 479 g/mol. The topological polar surface area (TPSA) is 81.9 Å². The van der Waals surface area contributed by atoms with Gasteiger partial charge in [-0.25, -0.2) is 13.1 Å². The van der Waals surface area contributed by atoms with Crippen molar-refractivity contribution in [2.45, 2.75) is 19.8 Å². The summed E-state index contributed by atoms with van der Waals surface area (Å²) in [5.74, 6) is 0.123. The number of pyridine rings is 1. The Morgan fingerprint density at radius 1 is 1.15 bits per heavy atom. The molecule has 0 N–H and O–H groups in total. The first-order chi connectivity index (χ1) is 15.7. The normalized spacial score (nSPS) is 19.7. The Morgan fingerprint density at radius 3 is 2.67 bits per heavy atom. The lowest BCUT2D eigenvalue weighted by molar-refractivity contribution is 0.0934. The number of fused-ring (bicyclic) bond motifs is 1. The van der Waals surface area contributed by atoms with E-state index in [9.17, 15) is 13.2 Å². The zero-order valence-corrected chi connectivity index (χ0v) is 19.6. The van der Waals surface area contributed by atoms with Crippen LogP contribution in [0.3, 0.4) is 0 Å². The Bertz CT molecular complexity index is 1480. The minimum Gasteiger partial charge on any atom is -0.294 e. The molecule has 0 amide bonds. The predicted molar refractivity (Wildman–Crippen MR) is 130 cm³/mol. The molecule has 0 radical (unpaired) electrons. The number of halogens is 1. The Morgan fingerprint density at radius 2 is 1.97 bits per heavy atom. The van der Waals surface area contributed by atoms with Gasteiger partial charge in [0.25, 0.3) is 0 Å². The second-order valence-corrected chi connectivity index (χ2v) is 11.5. The standard InChI is InChI=1S/C25H22ClN3O3S/c1-25(10-12-33(31,32)16-25)14-23(30)17-8-9-20-22(13-17)29(18-5-4-11-27-15-18)28-24(20)19-6-2-3-7-21(19)26/h2-9,11,13,15H,10,12,14,16H2,1H3. The zero-order valence-electron chi connectivity index (χ0n) is 18.0. The summed E-state index contributed by atoms with van der Waals surface area (Å²) in [6.45, 7) is 1.88. The number of carbonyl (C=O) groups is 1. The molecule has 1 aliphatic heterocycles. The molecule has 5 rings (SSSR count). The van der Waals surface area contributed by atoms with E-state index in [2.05, 4.69) is 4.98 Å². The Balaban J connectivity index is 1.61. The molecule has 0 aliphatic carbocycles. The second-order valence-electron chi connectivity index (χ2n) is 8.94. The van der Waals surface area contributed by atoms with E-state index in [-0.39, 0.29) is 23.7 Å². The van der Waals surface area contributed by atoms with Crippen LogP contribution in [0, 0.1) is 5.41 Å². The van der Waals surface area contributed by atoms with E-state index in [4.69, 9.17) is 16.7 Å².